The Morgan fingerprint density at radius 2 is 1.93 bits per heavy atom. The lowest BCUT2D eigenvalue weighted by atomic mass is 10.1. The third kappa shape index (κ3) is 4.15. The van der Waals surface area contributed by atoms with E-state index in [2.05, 4.69) is 15.3 Å². The van der Waals surface area contributed by atoms with E-state index in [9.17, 15) is 18.8 Å². The number of carbonyl (C=O) groups is 3. The van der Waals surface area contributed by atoms with Gasteiger partial charge in [0.15, 0.2) is 5.69 Å². The Balaban J connectivity index is 1.80. The second-order valence-corrected chi connectivity index (χ2v) is 6.84. The number of aromatic nitrogens is 2. The van der Waals surface area contributed by atoms with Gasteiger partial charge >= 0.3 is 0 Å². The summed E-state index contributed by atoms with van der Waals surface area (Å²) in [5.74, 6) is -2.36. The molecule has 2 aromatic carbocycles. The largest absolute Gasteiger partial charge is 0.364 e. The average molecular weight is 430 g/mol. The van der Waals surface area contributed by atoms with Crippen molar-refractivity contribution in [2.45, 2.75) is 6.92 Å². The smallest absolute Gasteiger partial charge is 0.279 e. The quantitative estimate of drug-likeness (QED) is 0.576. The van der Waals surface area contributed by atoms with Crippen LogP contribution in [-0.4, -0.2) is 34.7 Å². The van der Waals surface area contributed by atoms with Crippen LogP contribution < -0.4 is 16.0 Å². The van der Waals surface area contributed by atoms with Crippen LogP contribution in [0.3, 0.4) is 0 Å². The number of H-pyrrole nitrogens is 1. The number of rotatable bonds is 5. The molecule has 0 aliphatic carbocycles. The molecular formula is C20H17ClFN5O3. The number of amides is 3. The molecule has 0 radical (unpaired) electrons. The van der Waals surface area contributed by atoms with E-state index >= 15 is 0 Å². The van der Waals surface area contributed by atoms with Crippen LogP contribution in [0, 0.1) is 12.7 Å². The van der Waals surface area contributed by atoms with E-state index in [4.69, 9.17) is 17.3 Å². The molecule has 4 N–H and O–H groups in total. The van der Waals surface area contributed by atoms with Crippen LogP contribution in [0.25, 0.3) is 0 Å². The summed E-state index contributed by atoms with van der Waals surface area (Å²) in [4.78, 5) is 44.3. The van der Waals surface area contributed by atoms with Gasteiger partial charge in [-0.1, -0.05) is 11.6 Å². The fourth-order valence-corrected chi connectivity index (χ4v) is 3.03. The molecule has 0 fully saturated rings. The van der Waals surface area contributed by atoms with Crippen molar-refractivity contribution in [3.05, 3.63) is 76.1 Å². The van der Waals surface area contributed by atoms with Crippen LogP contribution in [0.5, 0.6) is 0 Å². The van der Waals surface area contributed by atoms with Crippen molar-refractivity contribution in [3.63, 3.8) is 0 Å². The highest BCUT2D eigenvalue weighted by molar-refractivity contribution is 6.34. The number of imidazole rings is 1. The molecule has 30 heavy (non-hydrogen) atoms. The Bertz CT molecular complexity index is 1160. The third-order valence-electron chi connectivity index (χ3n) is 4.41. The molecule has 3 amide bonds. The monoisotopic (exact) mass is 429 g/mol. The van der Waals surface area contributed by atoms with Crippen LogP contribution in [0.2, 0.25) is 5.02 Å². The fourth-order valence-electron chi connectivity index (χ4n) is 2.78. The van der Waals surface area contributed by atoms with E-state index in [1.165, 1.54) is 24.3 Å². The van der Waals surface area contributed by atoms with Gasteiger partial charge in [0.1, 0.15) is 11.5 Å². The van der Waals surface area contributed by atoms with Gasteiger partial charge in [-0.3, -0.25) is 14.4 Å². The maximum Gasteiger partial charge on any atom is 0.279 e. The molecular weight excluding hydrogens is 413 g/mol. The number of carbonyl (C=O) groups excluding carboxylic acids is 3. The van der Waals surface area contributed by atoms with E-state index < -0.39 is 23.5 Å². The number of nitrogens with two attached hydrogens (primary N) is 1. The molecule has 1 aromatic heterocycles. The van der Waals surface area contributed by atoms with Crippen LogP contribution in [0.4, 0.5) is 15.8 Å². The maximum atomic E-state index is 13.2. The average Bonchev–Trinajstić information content (AvgIpc) is 3.18. The molecule has 0 aliphatic heterocycles. The first-order valence-corrected chi connectivity index (χ1v) is 9.05. The Morgan fingerprint density at radius 1 is 1.20 bits per heavy atom. The van der Waals surface area contributed by atoms with Gasteiger partial charge in [-0.2, -0.15) is 0 Å². The number of nitrogens with one attached hydrogen (secondary N) is 2. The van der Waals surface area contributed by atoms with Crippen LogP contribution in [0.15, 0.2) is 42.7 Å². The zero-order chi connectivity index (χ0) is 22.0. The van der Waals surface area contributed by atoms with Crippen molar-refractivity contribution in [3.8, 4) is 0 Å². The van der Waals surface area contributed by atoms with Crippen molar-refractivity contribution in [2.75, 3.05) is 17.3 Å². The van der Waals surface area contributed by atoms with Crippen molar-refractivity contribution in [1.82, 2.24) is 9.97 Å². The topological polar surface area (TPSA) is 121 Å². The summed E-state index contributed by atoms with van der Waals surface area (Å²) in [6.07, 6.45) is 1.21. The lowest BCUT2D eigenvalue weighted by molar-refractivity contribution is 0.0958. The van der Waals surface area contributed by atoms with Gasteiger partial charge in [-0.15, -0.1) is 0 Å². The second kappa shape index (κ2) is 8.34. The number of benzene rings is 2. The highest BCUT2D eigenvalue weighted by Crippen LogP contribution is 2.25. The van der Waals surface area contributed by atoms with Crippen molar-refractivity contribution in [1.29, 1.82) is 0 Å². The Hall–Kier alpha value is -3.72. The van der Waals surface area contributed by atoms with Gasteiger partial charge in [0, 0.05) is 18.4 Å². The Kier molecular flexibility index (Phi) is 5.84. The summed E-state index contributed by atoms with van der Waals surface area (Å²) in [6, 6.07) is 8.40. The summed E-state index contributed by atoms with van der Waals surface area (Å²) in [5.41, 5.74) is 6.86. The summed E-state index contributed by atoms with van der Waals surface area (Å²) in [7, 11) is 1.52. The van der Waals surface area contributed by atoms with Crippen molar-refractivity contribution < 1.29 is 18.8 Å². The molecule has 0 atom stereocenters. The van der Waals surface area contributed by atoms with Gasteiger partial charge < -0.3 is 20.9 Å². The van der Waals surface area contributed by atoms with E-state index in [-0.39, 0.29) is 22.0 Å². The standard InChI is InChI=1S/C20H17ClFN5O3/c1-10-7-12(27(2)20(30)17-16(18(23)28)24-9-25-17)4-6-15(10)26-19(29)13-5-3-11(22)8-14(13)21/h3-9H,1-2H3,(H2,23,28)(H,24,25)(H,26,29). The first-order chi connectivity index (χ1) is 14.2. The van der Waals surface area contributed by atoms with Crippen molar-refractivity contribution >= 4 is 40.7 Å². The number of hydrogen-bond acceptors (Lipinski definition) is 4. The van der Waals surface area contributed by atoms with Crippen LogP contribution >= 0.6 is 11.6 Å². The Labute approximate surface area is 175 Å². The summed E-state index contributed by atoms with van der Waals surface area (Å²) in [5, 5.41) is 2.70. The second-order valence-electron chi connectivity index (χ2n) is 6.43. The van der Waals surface area contributed by atoms with E-state index in [1.807, 2.05) is 0 Å². The minimum atomic E-state index is -0.794. The molecule has 8 nitrogen and oxygen atoms in total. The number of anilines is 2. The number of hydrogen-bond donors (Lipinski definition) is 3. The number of halogens is 2. The normalized spacial score (nSPS) is 10.5. The molecule has 0 spiro atoms. The third-order valence-corrected chi connectivity index (χ3v) is 4.73. The van der Waals surface area contributed by atoms with Gasteiger partial charge in [0.25, 0.3) is 17.7 Å². The minimum Gasteiger partial charge on any atom is -0.364 e. The zero-order valence-electron chi connectivity index (χ0n) is 16.0. The molecule has 10 heteroatoms. The van der Waals surface area contributed by atoms with E-state index in [1.54, 1.807) is 25.1 Å². The number of nitrogens with zero attached hydrogens (tertiary/aromatic N) is 2. The SMILES string of the molecule is Cc1cc(N(C)C(=O)c2nc[nH]c2C(N)=O)ccc1NC(=O)c1ccc(F)cc1Cl. The summed E-state index contributed by atoms with van der Waals surface area (Å²) >= 11 is 5.93. The molecule has 0 saturated carbocycles. The summed E-state index contributed by atoms with van der Waals surface area (Å²) < 4.78 is 13.2. The van der Waals surface area contributed by atoms with E-state index in [0.29, 0.717) is 16.9 Å². The van der Waals surface area contributed by atoms with Gasteiger partial charge in [-0.05, 0) is 48.9 Å². The molecule has 0 aliphatic rings. The van der Waals surface area contributed by atoms with Crippen LogP contribution in [-0.2, 0) is 0 Å². The molecule has 3 rings (SSSR count). The van der Waals surface area contributed by atoms with Crippen LogP contribution in [0.1, 0.15) is 36.9 Å². The molecule has 154 valence electrons. The molecule has 1 heterocycles. The van der Waals surface area contributed by atoms with Crippen molar-refractivity contribution in [2.24, 2.45) is 5.73 Å². The molecule has 0 bridgehead atoms. The van der Waals surface area contributed by atoms with Gasteiger partial charge in [-0.25, -0.2) is 9.37 Å². The predicted molar refractivity (Wildman–Crippen MR) is 110 cm³/mol. The zero-order valence-corrected chi connectivity index (χ0v) is 16.7. The number of primary amides is 1. The lowest BCUT2D eigenvalue weighted by Gasteiger charge is -2.18. The minimum absolute atomic E-state index is 0.00337. The summed E-state index contributed by atoms with van der Waals surface area (Å²) in [6.45, 7) is 1.74. The highest BCUT2D eigenvalue weighted by Gasteiger charge is 2.23. The fraction of sp³-hybridized carbons (Fsp3) is 0.100. The predicted octanol–water partition coefficient (Wildman–Crippen LogP) is 3.14. The lowest BCUT2D eigenvalue weighted by Crippen LogP contribution is -2.29. The molecule has 0 saturated heterocycles. The maximum absolute atomic E-state index is 13.2. The van der Waals surface area contributed by atoms with Gasteiger partial charge in [0.05, 0.1) is 16.9 Å². The van der Waals surface area contributed by atoms with E-state index in [0.717, 1.165) is 12.1 Å². The first kappa shape index (κ1) is 21.0. The highest BCUT2D eigenvalue weighted by atomic mass is 35.5. The Morgan fingerprint density at radius 3 is 2.57 bits per heavy atom. The first-order valence-electron chi connectivity index (χ1n) is 8.67. The number of aryl methyl sites for hydroxylation is 1. The molecule has 3 aromatic rings. The number of aromatic amines is 1. The molecule has 0 unspecified atom stereocenters. The van der Waals surface area contributed by atoms with Gasteiger partial charge in [0.2, 0.25) is 0 Å².